The van der Waals surface area contributed by atoms with Crippen molar-refractivity contribution in [3.8, 4) is 0 Å². The first-order chi connectivity index (χ1) is 9.08. The van der Waals surface area contributed by atoms with Gasteiger partial charge in [-0.05, 0) is 19.4 Å². The van der Waals surface area contributed by atoms with Gasteiger partial charge in [0.1, 0.15) is 5.00 Å². The number of rotatable bonds is 7. The van der Waals surface area contributed by atoms with E-state index in [2.05, 4.69) is 10.6 Å². The van der Waals surface area contributed by atoms with Gasteiger partial charge in [-0.15, -0.1) is 11.3 Å². The van der Waals surface area contributed by atoms with Crippen molar-refractivity contribution in [3.05, 3.63) is 16.5 Å². The molecule has 0 aromatic carbocycles. The van der Waals surface area contributed by atoms with E-state index in [-0.39, 0.29) is 11.8 Å². The van der Waals surface area contributed by atoms with Crippen LogP contribution in [-0.2, 0) is 4.79 Å². The summed E-state index contributed by atoms with van der Waals surface area (Å²) in [6, 6.07) is 1.78. The quantitative estimate of drug-likeness (QED) is 0.714. The van der Waals surface area contributed by atoms with E-state index >= 15 is 0 Å². The van der Waals surface area contributed by atoms with Gasteiger partial charge in [-0.3, -0.25) is 9.59 Å². The lowest BCUT2D eigenvalue weighted by molar-refractivity contribution is -0.116. The first-order valence-electron chi connectivity index (χ1n) is 6.47. The van der Waals surface area contributed by atoms with Crippen molar-refractivity contribution < 1.29 is 9.59 Å². The number of nitrogens with one attached hydrogen (secondary N) is 2. The summed E-state index contributed by atoms with van der Waals surface area (Å²) in [5.41, 5.74) is 5.87. The molecule has 1 aromatic heterocycles. The SMILES string of the molecule is CCCCC(=O)Nc1sc(C)cc1C(=O)NCCN. The highest BCUT2D eigenvalue weighted by molar-refractivity contribution is 7.16. The van der Waals surface area contributed by atoms with Gasteiger partial charge in [0.15, 0.2) is 0 Å². The number of carbonyl (C=O) groups is 2. The van der Waals surface area contributed by atoms with Crippen LogP contribution < -0.4 is 16.4 Å². The minimum Gasteiger partial charge on any atom is -0.351 e. The van der Waals surface area contributed by atoms with Gasteiger partial charge in [-0.2, -0.15) is 0 Å². The molecule has 4 N–H and O–H groups in total. The Kier molecular flexibility index (Phi) is 6.52. The van der Waals surface area contributed by atoms with E-state index in [1.165, 1.54) is 11.3 Å². The van der Waals surface area contributed by atoms with E-state index in [4.69, 9.17) is 5.73 Å². The molecule has 0 aliphatic heterocycles. The van der Waals surface area contributed by atoms with Crippen molar-refractivity contribution in [2.24, 2.45) is 5.73 Å². The van der Waals surface area contributed by atoms with Crippen molar-refractivity contribution in [2.45, 2.75) is 33.1 Å². The van der Waals surface area contributed by atoms with E-state index in [1.807, 2.05) is 13.8 Å². The molecule has 0 aliphatic rings. The van der Waals surface area contributed by atoms with E-state index in [9.17, 15) is 9.59 Å². The molecule has 19 heavy (non-hydrogen) atoms. The van der Waals surface area contributed by atoms with Gasteiger partial charge in [-0.25, -0.2) is 0 Å². The minimum atomic E-state index is -0.194. The van der Waals surface area contributed by atoms with Gasteiger partial charge < -0.3 is 16.4 Å². The molecule has 0 saturated heterocycles. The molecular weight excluding hydrogens is 262 g/mol. The number of carbonyl (C=O) groups excluding carboxylic acids is 2. The Hall–Kier alpha value is -1.40. The number of hydrogen-bond acceptors (Lipinski definition) is 4. The van der Waals surface area contributed by atoms with E-state index < -0.39 is 0 Å². The summed E-state index contributed by atoms with van der Waals surface area (Å²) in [7, 11) is 0. The highest BCUT2D eigenvalue weighted by Crippen LogP contribution is 2.27. The molecule has 0 aliphatic carbocycles. The van der Waals surface area contributed by atoms with Crippen molar-refractivity contribution in [3.63, 3.8) is 0 Å². The van der Waals surface area contributed by atoms with E-state index in [1.54, 1.807) is 6.07 Å². The maximum absolute atomic E-state index is 11.9. The molecule has 1 aromatic rings. The van der Waals surface area contributed by atoms with Crippen LogP contribution in [-0.4, -0.2) is 24.9 Å². The topological polar surface area (TPSA) is 84.2 Å². The summed E-state index contributed by atoms with van der Waals surface area (Å²) in [4.78, 5) is 24.6. The number of hydrogen-bond donors (Lipinski definition) is 3. The van der Waals surface area contributed by atoms with Crippen LogP contribution in [0.3, 0.4) is 0 Å². The second-order valence-corrected chi connectivity index (χ2v) is 5.55. The van der Waals surface area contributed by atoms with Crippen LogP contribution in [0.15, 0.2) is 6.07 Å². The zero-order chi connectivity index (χ0) is 14.3. The Balaban J connectivity index is 2.72. The van der Waals surface area contributed by atoms with E-state index in [0.29, 0.717) is 30.1 Å². The molecule has 6 heteroatoms. The molecule has 0 radical (unpaired) electrons. The molecular formula is C13H21N3O2S. The van der Waals surface area contributed by atoms with Crippen molar-refractivity contribution in [2.75, 3.05) is 18.4 Å². The molecule has 0 unspecified atom stereocenters. The number of amides is 2. The van der Waals surface area contributed by atoms with Crippen molar-refractivity contribution in [1.29, 1.82) is 0 Å². The van der Waals surface area contributed by atoms with Crippen molar-refractivity contribution >= 4 is 28.2 Å². The Morgan fingerprint density at radius 2 is 2.16 bits per heavy atom. The average molecular weight is 283 g/mol. The smallest absolute Gasteiger partial charge is 0.254 e. The first kappa shape index (κ1) is 15.7. The maximum atomic E-state index is 11.9. The fourth-order valence-electron chi connectivity index (χ4n) is 1.58. The number of nitrogens with two attached hydrogens (primary N) is 1. The molecule has 106 valence electrons. The highest BCUT2D eigenvalue weighted by atomic mass is 32.1. The molecule has 2 amide bonds. The van der Waals surface area contributed by atoms with Crippen molar-refractivity contribution in [1.82, 2.24) is 5.32 Å². The zero-order valence-corrected chi connectivity index (χ0v) is 12.2. The summed E-state index contributed by atoms with van der Waals surface area (Å²) >= 11 is 1.41. The van der Waals surface area contributed by atoms with Gasteiger partial charge in [0.25, 0.3) is 5.91 Å². The van der Waals surface area contributed by atoms with Crippen LogP contribution >= 0.6 is 11.3 Å². The third-order valence-corrected chi connectivity index (χ3v) is 3.51. The molecule has 1 heterocycles. The van der Waals surface area contributed by atoms with Crippen LogP contribution in [0.25, 0.3) is 0 Å². The Morgan fingerprint density at radius 1 is 1.42 bits per heavy atom. The highest BCUT2D eigenvalue weighted by Gasteiger charge is 2.16. The molecule has 0 spiro atoms. The monoisotopic (exact) mass is 283 g/mol. The Morgan fingerprint density at radius 3 is 2.79 bits per heavy atom. The summed E-state index contributed by atoms with van der Waals surface area (Å²) in [5, 5.41) is 6.14. The third-order valence-electron chi connectivity index (χ3n) is 2.54. The lowest BCUT2D eigenvalue weighted by atomic mass is 10.2. The molecule has 0 saturated carbocycles. The number of anilines is 1. The summed E-state index contributed by atoms with van der Waals surface area (Å²) in [5.74, 6) is -0.239. The van der Waals surface area contributed by atoms with Gasteiger partial charge in [0.05, 0.1) is 5.56 Å². The molecule has 5 nitrogen and oxygen atoms in total. The van der Waals surface area contributed by atoms with Crippen LogP contribution in [0, 0.1) is 6.92 Å². The number of aryl methyl sites for hydroxylation is 1. The fraction of sp³-hybridized carbons (Fsp3) is 0.538. The van der Waals surface area contributed by atoms with Crippen LogP contribution in [0.1, 0.15) is 41.4 Å². The predicted molar refractivity (Wildman–Crippen MR) is 78.6 cm³/mol. The molecule has 1 rings (SSSR count). The third kappa shape index (κ3) is 5.00. The lowest BCUT2D eigenvalue weighted by Crippen LogP contribution is -2.29. The van der Waals surface area contributed by atoms with Crippen LogP contribution in [0.2, 0.25) is 0 Å². The maximum Gasteiger partial charge on any atom is 0.254 e. The number of thiophene rings is 1. The van der Waals surface area contributed by atoms with E-state index in [0.717, 1.165) is 17.7 Å². The average Bonchev–Trinajstić information content (AvgIpc) is 2.74. The predicted octanol–water partition coefficient (Wildman–Crippen LogP) is 1.87. The Labute approximate surface area is 117 Å². The fourth-order valence-corrected chi connectivity index (χ4v) is 2.51. The second kappa shape index (κ2) is 7.91. The second-order valence-electron chi connectivity index (χ2n) is 4.30. The lowest BCUT2D eigenvalue weighted by Gasteiger charge is -2.06. The zero-order valence-electron chi connectivity index (χ0n) is 11.4. The van der Waals surface area contributed by atoms with Gasteiger partial charge in [-0.1, -0.05) is 13.3 Å². The number of unbranched alkanes of at least 4 members (excludes halogenated alkanes) is 1. The Bertz CT molecular complexity index is 443. The standard InChI is InChI=1S/C13H21N3O2S/c1-3-4-5-11(17)16-13-10(8-9(2)19-13)12(18)15-7-6-14/h8H,3-7,14H2,1-2H3,(H,15,18)(H,16,17). The minimum absolute atomic E-state index is 0.0448. The largest absolute Gasteiger partial charge is 0.351 e. The summed E-state index contributed by atoms with van der Waals surface area (Å²) in [6.07, 6.45) is 2.31. The summed E-state index contributed by atoms with van der Waals surface area (Å²) in [6.45, 7) is 4.77. The summed E-state index contributed by atoms with van der Waals surface area (Å²) < 4.78 is 0. The van der Waals surface area contributed by atoms with Crippen LogP contribution in [0.4, 0.5) is 5.00 Å². The van der Waals surface area contributed by atoms with Gasteiger partial charge in [0.2, 0.25) is 5.91 Å². The molecule has 0 fully saturated rings. The van der Waals surface area contributed by atoms with Gasteiger partial charge >= 0.3 is 0 Å². The first-order valence-corrected chi connectivity index (χ1v) is 7.28. The van der Waals surface area contributed by atoms with Gasteiger partial charge in [0, 0.05) is 24.4 Å². The molecule has 0 atom stereocenters. The normalized spacial score (nSPS) is 10.3. The molecule has 0 bridgehead atoms. The van der Waals surface area contributed by atoms with Crippen LogP contribution in [0.5, 0.6) is 0 Å².